The first-order chi connectivity index (χ1) is 12.8. The minimum atomic E-state index is -0.237. The second kappa shape index (κ2) is 7.92. The normalized spacial score (nSPS) is 11.0. The average Bonchev–Trinajstić information content (AvgIpc) is 2.63. The molecule has 1 amide bonds. The molecule has 3 aromatic rings. The van der Waals surface area contributed by atoms with Crippen molar-refractivity contribution in [3.05, 3.63) is 74.2 Å². The molecule has 0 saturated carbocycles. The molecule has 1 aromatic heterocycles. The van der Waals surface area contributed by atoms with Crippen LogP contribution in [0.15, 0.2) is 41.2 Å². The number of hydrogen-bond donors (Lipinski definition) is 1. The van der Waals surface area contributed by atoms with E-state index < -0.39 is 0 Å². The first-order valence-corrected chi connectivity index (χ1v) is 9.22. The monoisotopic (exact) mass is 383 g/mol. The zero-order chi connectivity index (χ0) is 19.6. The van der Waals surface area contributed by atoms with Crippen molar-refractivity contribution in [2.24, 2.45) is 0 Å². The number of aromatic nitrogens is 2. The molecule has 140 valence electrons. The molecule has 3 rings (SSSR count). The predicted octanol–water partition coefficient (Wildman–Crippen LogP) is 3.33. The van der Waals surface area contributed by atoms with E-state index in [-0.39, 0.29) is 18.0 Å². The van der Waals surface area contributed by atoms with Crippen molar-refractivity contribution in [2.45, 2.75) is 33.7 Å². The van der Waals surface area contributed by atoms with Crippen LogP contribution in [0.1, 0.15) is 22.4 Å². The summed E-state index contributed by atoms with van der Waals surface area (Å²) in [6.07, 6.45) is 0.701. The highest BCUT2D eigenvalue weighted by Gasteiger charge is 2.12. The van der Waals surface area contributed by atoms with Gasteiger partial charge in [0, 0.05) is 11.6 Å². The molecule has 0 saturated heterocycles. The van der Waals surface area contributed by atoms with Crippen molar-refractivity contribution in [3.63, 3.8) is 0 Å². The fourth-order valence-electron chi connectivity index (χ4n) is 2.98. The molecule has 0 spiro atoms. The third-order valence-electron chi connectivity index (χ3n) is 4.68. The van der Waals surface area contributed by atoms with Gasteiger partial charge in [-0.1, -0.05) is 23.7 Å². The molecular weight excluding hydrogens is 362 g/mol. The summed E-state index contributed by atoms with van der Waals surface area (Å²) in [4.78, 5) is 29.3. The topological polar surface area (TPSA) is 64.0 Å². The number of aryl methyl sites for hydroxylation is 3. The molecule has 1 N–H and O–H groups in total. The average molecular weight is 384 g/mol. The number of benzene rings is 2. The number of hydrogen-bond acceptors (Lipinski definition) is 3. The number of nitrogens with one attached hydrogen (secondary N) is 1. The summed E-state index contributed by atoms with van der Waals surface area (Å²) < 4.78 is 1.50. The Balaban J connectivity index is 1.76. The SMILES string of the molecule is Cc1cc2nc(C)c(=O)n(CC(=O)NCCc3ccc(Cl)cc3)c2cc1C. The summed E-state index contributed by atoms with van der Waals surface area (Å²) in [5.74, 6) is -0.198. The molecule has 0 aliphatic heterocycles. The maximum atomic E-state index is 12.5. The van der Waals surface area contributed by atoms with Gasteiger partial charge in [-0.2, -0.15) is 0 Å². The Kier molecular flexibility index (Phi) is 5.61. The minimum absolute atomic E-state index is 0.0260. The first-order valence-electron chi connectivity index (χ1n) is 8.84. The van der Waals surface area contributed by atoms with E-state index in [1.54, 1.807) is 6.92 Å². The van der Waals surface area contributed by atoms with Crippen molar-refractivity contribution in [1.29, 1.82) is 0 Å². The largest absolute Gasteiger partial charge is 0.354 e. The lowest BCUT2D eigenvalue weighted by molar-refractivity contribution is -0.121. The predicted molar refractivity (Wildman–Crippen MR) is 108 cm³/mol. The Morgan fingerprint density at radius 1 is 1.11 bits per heavy atom. The lowest BCUT2D eigenvalue weighted by Crippen LogP contribution is -2.34. The Morgan fingerprint density at radius 3 is 2.48 bits per heavy atom. The Labute approximate surface area is 163 Å². The molecule has 0 atom stereocenters. The zero-order valence-electron chi connectivity index (χ0n) is 15.7. The van der Waals surface area contributed by atoms with Crippen LogP contribution >= 0.6 is 11.6 Å². The lowest BCUT2D eigenvalue weighted by atomic mass is 10.1. The molecule has 0 radical (unpaired) electrons. The van der Waals surface area contributed by atoms with E-state index in [0.717, 1.165) is 22.2 Å². The summed E-state index contributed by atoms with van der Waals surface area (Å²) in [6, 6.07) is 11.4. The number of amides is 1. The summed E-state index contributed by atoms with van der Waals surface area (Å²) in [5.41, 5.74) is 4.81. The molecule has 27 heavy (non-hydrogen) atoms. The van der Waals surface area contributed by atoms with Crippen LogP contribution in [0.25, 0.3) is 11.0 Å². The lowest BCUT2D eigenvalue weighted by Gasteiger charge is -2.13. The third kappa shape index (κ3) is 4.37. The van der Waals surface area contributed by atoms with Crippen LogP contribution in [0.4, 0.5) is 0 Å². The van der Waals surface area contributed by atoms with E-state index >= 15 is 0 Å². The van der Waals surface area contributed by atoms with E-state index in [1.807, 2.05) is 50.2 Å². The van der Waals surface area contributed by atoms with E-state index in [1.165, 1.54) is 4.57 Å². The Morgan fingerprint density at radius 2 is 1.78 bits per heavy atom. The molecule has 0 aliphatic carbocycles. The fraction of sp³-hybridized carbons (Fsp3) is 0.286. The smallest absolute Gasteiger partial charge is 0.272 e. The van der Waals surface area contributed by atoms with E-state index in [9.17, 15) is 9.59 Å². The number of fused-ring (bicyclic) bond motifs is 1. The second-order valence-electron chi connectivity index (χ2n) is 6.74. The van der Waals surface area contributed by atoms with Gasteiger partial charge in [0.1, 0.15) is 12.2 Å². The quantitative estimate of drug-likeness (QED) is 0.735. The van der Waals surface area contributed by atoms with Gasteiger partial charge >= 0.3 is 0 Å². The van der Waals surface area contributed by atoms with Gasteiger partial charge < -0.3 is 5.32 Å². The number of nitrogens with zero attached hydrogens (tertiary/aromatic N) is 2. The van der Waals surface area contributed by atoms with Crippen LogP contribution in [0.2, 0.25) is 5.02 Å². The van der Waals surface area contributed by atoms with Gasteiger partial charge in [0.15, 0.2) is 0 Å². The van der Waals surface area contributed by atoms with E-state index in [0.29, 0.717) is 29.2 Å². The van der Waals surface area contributed by atoms with Gasteiger partial charge in [-0.25, -0.2) is 4.98 Å². The van der Waals surface area contributed by atoms with E-state index in [4.69, 9.17) is 11.6 Å². The van der Waals surface area contributed by atoms with Gasteiger partial charge in [0.25, 0.3) is 5.56 Å². The van der Waals surface area contributed by atoms with Crippen LogP contribution in [0.3, 0.4) is 0 Å². The number of carbonyl (C=O) groups excluding carboxylic acids is 1. The van der Waals surface area contributed by atoms with Gasteiger partial charge in [0.05, 0.1) is 11.0 Å². The molecule has 1 heterocycles. The summed E-state index contributed by atoms with van der Waals surface area (Å²) in [5, 5.41) is 3.57. The van der Waals surface area contributed by atoms with Crippen LogP contribution in [0.5, 0.6) is 0 Å². The van der Waals surface area contributed by atoms with Gasteiger partial charge in [-0.15, -0.1) is 0 Å². The summed E-state index contributed by atoms with van der Waals surface area (Å²) in [6.45, 7) is 6.13. The first kappa shape index (κ1) is 19.1. The molecule has 0 unspecified atom stereocenters. The number of rotatable bonds is 5. The maximum Gasteiger partial charge on any atom is 0.272 e. The van der Waals surface area contributed by atoms with Crippen molar-refractivity contribution < 1.29 is 4.79 Å². The highest BCUT2D eigenvalue weighted by Crippen LogP contribution is 2.17. The molecule has 0 aliphatic rings. The number of carbonyl (C=O) groups is 1. The van der Waals surface area contributed by atoms with Crippen LogP contribution in [-0.4, -0.2) is 22.0 Å². The summed E-state index contributed by atoms with van der Waals surface area (Å²) in [7, 11) is 0. The van der Waals surface area contributed by atoms with Gasteiger partial charge in [-0.05, 0) is 68.1 Å². The van der Waals surface area contributed by atoms with Crippen molar-refractivity contribution >= 4 is 28.5 Å². The second-order valence-corrected chi connectivity index (χ2v) is 7.18. The maximum absolute atomic E-state index is 12.5. The van der Waals surface area contributed by atoms with Crippen molar-refractivity contribution in [2.75, 3.05) is 6.54 Å². The molecule has 2 aromatic carbocycles. The molecular formula is C21H22ClN3O2. The molecule has 0 fully saturated rings. The highest BCUT2D eigenvalue weighted by molar-refractivity contribution is 6.30. The number of halogens is 1. The van der Waals surface area contributed by atoms with Gasteiger partial charge in [-0.3, -0.25) is 14.2 Å². The highest BCUT2D eigenvalue weighted by atomic mass is 35.5. The Bertz CT molecular complexity index is 1060. The van der Waals surface area contributed by atoms with Crippen molar-refractivity contribution in [1.82, 2.24) is 14.9 Å². The molecule has 6 heteroatoms. The van der Waals surface area contributed by atoms with Crippen LogP contribution < -0.4 is 10.9 Å². The van der Waals surface area contributed by atoms with Crippen LogP contribution in [-0.2, 0) is 17.8 Å². The van der Waals surface area contributed by atoms with Crippen molar-refractivity contribution in [3.8, 4) is 0 Å². The fourth-order valence-corrected chi connectivity index (χ4v) is 3.10. The van der Waals surface area contributed by atoms with E-state index in [2.05, 4.69) is 10.3 Å². The van der Waals surface area contributed by atoms with Crippen LogP contribution in [0, 0.1) is 20.8 Å². The Hall–Kier alpha value is -2.66. The van der Waals surface area contributed by atoms with Gasteiger partial charge in [0.2, 0.25) is 5.91 Å². The zero-order valence-corrected chi connectivity index (χ0v) is 16.4. The summed E-state index contributed by atoms with van der Waals surface area (Å²) >= 11 is 5.88. The minimum Gasteiger partial charge on any atom is -0.354 e. The standard InChI is InChI=1S/C21H22ClN3O2/c1-13-10-18-19(11-14(13)2)25(21(27)15(3)24-18)12-20(26)23-9-8-16-4-6-17(22)7-5-16/h4-7,10-11H,8-9,12H2,1-3H3,(H,23,26). The molecule has 5 nitrogen and oxygen atoms in total. The third-order valence-corrected chi connectivity index (χ3v) is 4.93. The molecule has 0 bridgehead atoms.